The molecule has 3 rings (SSSR count). The molecule has 1 saturated carbocycles. The predicted octanol–water partition coefficient (Wildman–Crippen LogP) is 3.20. The number of aliphatic imine (C=N–C) groups is 1. The van der Waals surface area contributed by atoms with Crippen LogP contribution >= 0.6 is 0 Å². The Balaban J connectivity index is 1.58. The Morgan fingerprint density at radius 3 is 2.45 bits per heavy atom. The van der Waals surface area contributed by atoms with Crippen LogP contribution < -0.4 is 20.7 Å². The number of nitrogens with one attached hydrogen (secondary N) is 3. The minimum absolute atomic E-state index is 0.132. The molecule has 2 aromatic rings. The molecule has 7 heteroatoms. The normalized spacial score (nSPS) is 13.7. The molecule has 0 aliphatic heterocycles. The zero-order chi connectivity index (χ0) is 20.5. The average Bonchev–Trinajstić information content (AvgIpc) is 3.57. The van der Waals surface area contributed by atoms with Gasteiger partial charge in [0.05, 0.1) is 6.54 Å². The van der Waals surface area contributed by atoms with Crippen LogP contribution in [0.4, 0.5) is 4.39 Å². The summed E-state index contributed by atoms with van der Waals surface area (Å²) in [5.41, 5.74) is 0.843. The topological polar surface area (TPSA) is 74.8 Å². The van der Waals surface area contributed by atoms with Gasteiger partial charge in [0.2, 0.25) is 5.91 Å². The van der Waals surface area contributed by atoms with E-state index in [4.69, 9.17) is 4.74 Å². The molecular weight excluding hydrogens is 371 g/mol. The van der Waals surface area contributed by atoms with Gasteiger partial charge in [0, 0.05) is 31.1 Å². The number of guanidine groups is 1. The molecule has 29 heavy (non-hydrogen) atoms. The maximum atomic E-state index is 13.9. The summed E-state index contributed by atoms with van der Waals surface area (Å²) in [6, 6.07) is 13.8. The van der Waals surface area contributed by atoms with Gasteiger partial charge in [-0.25, -0.2) is 9.38 Å². The molecule has 1 amide bonds. The van der Waals surface area contributed by atoms with Crippen LogP contribution in [0.5, 0.6) is 11.5 Å². The molecule has 0 atom stereocenters. The number of carbonyl (C=O) groups excluding carboxylic acids is 1. The number of carbonyl (C=O) groups is 1. The molecule has 1 aliphatic carbocycles. The minimum Gasteiger partial charge on any atom is -0.454 e. The summed E-state index contributed by atoms with van der Waals surface area (Å²) in [5, 5.41) is 9.30. The standard InChI is InChI=1S/C22H27FN4O2/c1-2-24-22(26-14-13-25-21(28)16-11-12-16)27-15-17-7-3-5-9-19(17)29-20-10-6-4-8-18(20)23/h3-10,16H,2,11-15H2,1H3,(H,25,28)(H2,24,26,27). The number of hydrogen-bond acceptors (Lipinski definition) is 3. The van der Waals surface area contributed by atoms with Crippen molar-refractivity contribution in [3.63, 3.8) is 0 Å². The van der Waals surface area contributed by atoms with Crippen LogP contribution in [-0.2, 0) is 11.3 Å². The summed E-state index contributed by atoms with van der Waals surface area (Å²) in [6.45, 7) is 4.20. The van der Waals surface area contributed by atoms with Crippen LogP contribution in [0.15, 0.2) is 53.5 Å². The number of ether oxygens (including phenoxy) is 1. The molecule has 0 bridgehead atoms. The highest BCUT2D eigenvalue weighted by atomic mass is 19.1. The van der Waals surface area contributed by atoms with Crippen LogP contribution in [0.3, 0.4) is 0 Å². The van der Waals surface area contributed by atoms with Gasteiger partial charge in [-0.2, -0.15) is 0 Å². The van der Waals surface area contributed by atoms with Crippen LogP contribution in [0.25, 0.3) is 0 Å². The van der Waals surface area contributed by atoms with Crippen molar-refractivity contribution in [2.45, 2.75) is 26.3 Å². The van der Waals surface area contributed by atoms with Gasteiger partial charge < -0.3 is 20.7 Å². The predicted molar refractivity (Wildman–Crippen MR) is 111 cm³/mol. The average molecular weight is 398 g/mol. The van der Waals surface area contributed by atoms with Crippen molar-refractivity contribution in [2.24, 2.45) is 10.9 Å². The van der Waals surface area contributed by atoms with E-state index >= 15 is 0 Å². The fourth-order valence-corrected chi connectivity index (χ4v) is 2.74. The van der Waals surface area contributed by atoms with Crippen molar-refractivity contribution in [1.82, 2.24) is 16.0 Å². The minimum atomic E-state index is -0.408. The van der Waals surface area contributed by atoms with Crippen molar-refractivity contribution in [2.75, 3.05) is 19.6 Å². The van der Waals surface area contributed by atoms with E-state index in [1.165, 1.54) is 6.07 Å². The second-order valence-electron chi connectivity index (χ2n) is 6.83. The van der Waals surface area contributed by atoms with E-state index in [0.29, 0.717) is 37.9 Å². The van der Waals surface area contributed by atoms with Gasteiger partial charge in [-0.3, -0.25) is 4.79 Å². The van der Waals surface area contributed by atoms with Crippen molar-refractivity contribution in [3.05, 3.63) is 59.9 Å². The molecule has 154 valence electrons. The summed E-state index contributed by atoms with van der Waals surface area (Å²) >= 11 is 0. The van der Waals surface area contributed by atoms with Gasteiger partial charge in [0.15, 0.2) is 17.5 Å². The number of amides is 1. The van der Waals surface area contributed by atoms with Gasteiger partial charge >= 0.3 is 0 Å². The number of para-hydroxylation sites is 2. The van der Waals surface area contributed by atoms with Crippen molar-refractivity contribution >= 4 is 11.9 Å². The molecule has 0 unspecified atom stereocenters. The van der Waals surface area contributed by atoms with Gasteiger partial charge in [-0.15, -0.1) is 0 Å². The number of nitrogens with zero attached hydrogens (tertiary/aromatic N) is 1. The summed E-state index contributed by atoms with van der Waals surface area (Å²) in [5.74, 6) is 1.33. The zero-order valence-electron chi connectivity index (χ0n) is 16.6. The summed E-state index contributed by atoms with van der Waals surface area (Å²) < 4.78 is 19.7. The first kappa shape index (κ1) is 20.6. The third-order valence-corrected chi connectivity index (χ3v) is 4.45. The van der Waals surface area contributed by atoms with Crippen molar-refractivity contribution in [3.8, 4) is 11.5 Å². The van der Waals surface area contributed by atoms with E-state index in [9.17, 15) is 9.18 Å². The molecular formula is C22H27FN4O2. The number of hydrogen-bond donors (Lipinski definition) is 3. The van der Waals surface area contributed by atoms with Crippen molar-refractivity contribution < 1.29 is 13.9 Å². The second-order valence-corrected chi connectivity index (χ2v) is 6.83. The molecule has 0 radical (unpaired) electrons. The maximum Gasteiger partial charge on any atom is 0.223 e. The Bertz CT molecular complexity index is 852. The lowest BCUT2D eigenvalue weighted by Crippen LogP contribution is -2.41. The largest absolute Gasteiger partial charge is 0.454 e. The van der Waals surface area contributed by atoms with Crippen LogP contribution in [0, 0.1) is 11.7 Å². The quantitative estimate of drug-likeness (QED) is 0.345. The molecule has 2 aromatic carbocycles. The Kier molecular flexibility index (Phi) is 7.44. The van der Waals surface area contributed by atoms with Gasteiger partial charge in [-0.1, -0.05) is 30.3 Å². The van der Waals surface area contributed by atoms with Crippen molar-refractivity contribution in [1.29, 1.82) is 0 Å². The fourth-order valence-electron chi connectivity index (χ4n) is 2.74. The summed E-state index contributed by atoms with van der Waals surface area (Å²) in [7, 11) is 0. The van der Waals surface area contributed by atoms with Crippen LogP contribution in [-0.4, -0.2) is 31.5 Å². The maximum absolute atomic E-state index is 13.9. The Labute approximate surface area is 170 Å². The van der Waals surface area contributed by atoms with E-state index in [1.807, 2.05) is 25.1 Å². The molecule has 3 N–H and O–H groups in total. The molecule has 0 aromatic heterocycles. The Morgan fingerprint density at radius 1 is 1.03 bits per heavy atom. The van der Waals surface area contributed by atoms with Gasteiger partial charge in [0.1, 0.15) is 5.75 Å². The summed E-state index contributed by atoms with van der Waals surface area (Å²) in [6.07, 6.45) is 2.00. The van der Waals surface area contributed by atoms with E-state index in [2.05, 4.69) is 20.9 Å². The molecule has 0 heterocycles. The lowest BCUT2D eigenvalue weighted by Gasteiger charge is -2.13. The second kappa shape index (κ2) is 10.5. The summed E-state index contributed by atoms with van der Waals surface area (Å²) in [4.78, 5) is 16.3. The molecule has 0 spiro atoms. The first-order chi connectivity index (χ1) is 14.2. The van der Waals surface area contributed by atoms with E-state index < -0.39 is 5.82 Å². The highest BCUT2D eigenvalue weighted by molar-refractivity contribution is 5.81. The third kappa shape index (κ3) is 6.48. The first-order valence-electron chi connectivity index (χ1n) is 9.97. The lowest BCUT2D eigenvalue weighted by molar-refractivity contribution is -0.122. The number of halogens is 1. The number of benzene rings is 2. The Hall–Kier alpha value is -3.09. The monoisotopic (exact) mass is 398 g/mol. The van der Waals surface area contributed by atoms with E-state index in [-0.39, 0.29) is 17.6 Å². The highest BCUT2D eigenvalue weighted by Gasteiger charge is 2.28. The van der Waals surface area contributed by atoms with Crippen LogP contribution in [0.1, 0.15) is 25.3 Å². The zero-order valence-corrected chi connectivity index (χ0v) is 16.6. The van der Waals surface area contributed by atoms with Gasteiger partial charge in [-0.05, 0) is 38.0 Å². The van der Waals surface area contributed by atoms with Gasteiger partial charge in [0.25, 0.3) is 0 Å². The third-order valence-electron chi connectivity index (χ3n) is 4.45. The molecule has 0 saturated heterocycles. The first-order valence-corrected chi connectivity index (χ1v) is 9.97. The van der Waals surface area contributed by atoms with Crippen LogP contribution in [0.2, 0.25) is 0 Å². The highest BCUT2D eigenvalue weighted by Crippen LogP contribution is 2.29. The smallest absolute Gasteiger partial charge is 0.223 e. The Morgan fingerprint density at radius 2 is 1.72 bits per heavy atom. The van der Waals surface area contributed by atoms with E-state index in [1.54, 1.807) is 24.3 Å². The molecule has 1 fully saturated rings. The lowest BCUT2D eigenvalue weighted by atomic mass is 10.2. The molecule has 6 nitrogen and oxygen atoms in total. The SMILES string of the molecule is CCNC(=NCc1ccccc1Oc1ccccc1F)NCCNC(=O)C1CC1. The van der Waals surface area contributed by atoms with E-state index in [0.717, 1.165) is 18.4 Å². The molecule has 1 aliphatic rings. The number of rotatable bonds is 9. The fraction of sp³-hybridized carbons (Fsp3) is 0.364.